The third-order valence-electron chi connectivity index (χ3n) is 8.58. The second kappa shape index (κ2) is 15.3. The quantitative estimate of drug-likeness (QED) is 0.317. The number of Topliss-reactive ketones (excluding diaryl/α,β-unsaturated/α-hetero) is 1. The van der Waals surface area contributed by atoms with Gasteiger partial charge in [-0.2, -0.15) is 0 Å². The molecular formula is C33H46N4O7. The highest BCUT2D eigenvalue weighted by Gasteiger charge is 2.45. The Morgan fingerprint density at radius 1 is 1.11 bits per heavy atom. The van der Waals surface area contributed by atoms with Crippen LogP contribution in [-0.4, -0.2) is 84.3 Å². The summed E-state index contributed by atoms with van der Waals surface area (Å²) < 4.78 is 12.4. The van der Waals surface area contributed by atoms with Crippen LogP contribution in [0, 0.1) is 5.92 Å². The van der Waals surface area contributed by atoms with Gasteiger partial charge in [0.2, 0.25) is 23.5 Å². The standard InChI is InChI=1S/C33H46N4O7/c1-4-15-34-31(41)27(38)20-35-30(40)26-19-25-21-37(26)32(42)29(23-11-6-5-7-12-23)36-28(39)18-22-10-8-13-24(17-22)43-16-9-14-33(2,3)44-25/h4,8,10,13,17,23,25-26,29H,1,5-7,9,11-12,14-16,18-21H2,2-3H3,(H,34,41)(H,35,40)(H,36,39)/t25-,26?,29+/m1/s1. The predicted molar refractivity (Wildman–Crippen MR) is 164 cm³/mol. The van der Waals surface area contributed by atoms with Gasteiger partial charge in [0, 0.05) is 19.5 Å². The molecule has 1 saturated heterocycles. The number of amides is 4. The van der Waals surface area contributed by atoms with E-state index in [2.05, 4.69) is 22.5 Å². The molecule has 1 saturated carbocycles. The van der Waals surface area contributed by atoms with Gasteiger partial charge in [0.05, 0.1) is 31.3 Å². The summed E-state index contributed by atoms with van der Waals surface area (Å²) in [6.45, 7) is 7.73. The fourth-order valence-corrected chi connectivity index (χ4v) is 6.38. The zero-order valence-electron chi connectivity index (χ0n) is 25.9. The van der Waals surface area contributed by atoms with Crippen LogP contribution in [0.2, 0.25) is 0 Å². The van der Waals surface area contributed by atoms with Crippen molar-refractivity contribution >= 4 is 29.4 Å². The smallest absolute Gasteiger partial charge is 0.289 e. The first kappa shape index (κ1) is 33.2. The number of carbonyl (C=O) groups excluding carboxylic acids is 5. The molecule has 3 aliphatic rings. The normalized spacial score (nSPS) is 24.8. The van der Waals surface area contributed by atoms with E-state index in [-0.39, 0.29) is 43.7 Å². The molecule has 1 unspecified atom stereocenters. The lowest BCUT2D eigenvalue weighted by Gasteiger charge is -2.34. The minimum Gasteiger partial charge on any atom is -0.494 e. The molecule has 2 fully saturated rings. The van der Waals surface area contributed by atoms with Crippen LogP contribution < -0.4 is 20.7 Å². The van der Waals surface area contributed by atoms with Crippen molar-refractivity contribution in [2.24, 2.45) is 5.92 Å². The number of hydrogen-bond acceptors (Lipinski definition) is 7. The number of ketones is 1. The lowest BCUT2D eigenvalue weighted by molar-refractivity contribution is -0.144. The number of benzene rings is 1. The Labute approximate surface area is 259 Å². The van der Waals surface area contributed by atoms with E-state index in [0.717, 1.165) is 44.1 Å². The number of fused-ring (bicyclic) bond motifs is 4. The summed E-state index contributed by atoms with van der Waals surface area (Å²) in [5.74, 6) is -2.15. The molecule has 1 aliphatic carbocycles. The van der Waals surface area contributed by atoms with Crippen molar-refractivity contribution in [2.45, 2.75) is 95.4 Å². The lowest BCUT2D eigenvalue weighted by Crippen LogP contribution is -2.56. The maximum absolute atomic E-state index is 14.3. The fourth-order valence-electron chi connectivity index (χ4n) is 6.38. The van der Waals surface area contributed by atoms with Crippen LogP contribution in [-0.2, 0) is 35.1 Å². The maximum Gasteiger partial charge on any atom is 0.289 e. The minimum atomic E-state index is -0.922. The number of ether oxygens (including phenoxy) is 2. The average molecular weight is 611 g/mol. The topological polar surface area (TPSA) is 143 Å². The molecule has 4 bridgehead atoms. The summed E-state index contributed by atoms with van der Waals surface area (Å²) in [5, 5.41) is 7.98. The molecule has 2 heterocycles. The third kappa shape index (κ3) is 9.14. The van der Waals surface area contributed by atoms with Crippen molar-refractivity contribution in [2.75, 3.05) is 26.2 Å². The van der Waals surface area contributed by atoms with Gasteiger partial charge in [0.1, 0.15) is 17.8 Å². The Morgan fingerprint density at radius 3 is 2.64 bits per heavy atom. The second-order valence-electron chi connectivity index (χ2n) is 12.6. The van der Waals surface area contributed by atoms with Crippen LogP contribution in [0.4, 0.5) is 0 Å². The van der Waals surface area contributed by atoms with E-state index in [9.17, 15) is 24.0 Å². The van der Waals surface area contributed by atoms with Gasteiger partial charge in [-0.05, 0) is 63.1 Å². The molecule has 0 spiro atoms. The Hall–Kier alpha value is -3.73. The Balaban J connectivity index is 1.59. The van der Waals surface area contributed by atoms with Crippen LogP contribution in [0.1, 0.15) is 70.8 Å². The number of carbonyl (C=O) groups is 5. The molecule has 44 heavy (non-hydrogen) atoms. The molecule has 3 N–H and O–H groups in total. The van der Waals surface area contributed by atoms with Gasteiger partial charge in [-0.1, -0.05) is 37.5 Å². The van der Waals surface area contributed by atoms with Gasteiger partial charge in [0.15, 0.2) is 0 Å². The summed E-state index contributed by atoms with van der Waals surface area (Å²) >= 11 is 0. The molecule has 240 valence electrons. The molecule has 11 heteroatoms. The zero-order valence-corrected chi connectivity index (χ0v) is 25.9. The van der Waals surface area contributed by atoms with Crippen LogP contribution >= 0.6 is 0 Å². The van der Waals surface area contributed by atoms with E-state index >= 15 is 0 Å². The van der Waals surface area contributed by atoms with Gasteiger partial charge >= 0.3 is 0 Å². The molecular weight excluding hydrogens is 564 g/mol. The van der Waals surface area contributed by atoms with Gasteiger partial charge in [-0.3, -0.25) is 24.0 Å². The Morgan fingerprint density at radius 2 is 1.89 bits per heavy atom. The monoisotopic (exact) mass is 610 g/mol. The maximum atomic E-state index is 14.3. The highest BCUT2D eigenvalue weighted by atomic mass is 16.5. The molecule has 1 aromatic carbocycles. The zero-order chi connectivity index (χ0) is 31.7. The summed E-state index contributed by atoms with van der Waals surface area (Å²) in [5.41, 5.74) is 0.225. The third-order valence-corrected chi connectivity index (χ3v) is 8.58. The Kier molecular flexibility index (Phi) is 11.5. The molecule has 0 radical (unpaired) electrons. The molecule has 2 aliphatic heterocycles. The summed E-state index contributed by atoms with van der Waals surface area (Å²) in [6.07, 6.45) is 7.33. The van der Waals surface area contributed by atoms with E-state index in [0.29, 0.717) is 18.8 Å². The van der Waals surface area contributed by atoms with E-state index in [1.165, 1.54) is 11.0 Å². The van der Waals surface area contributed by atoms with E-state index in [4.69, 9.17) is 9.47 Å². The first-order valence-electron chi connectivity index (χ1n) is 15.8. The van der Waals surface area contributed by atoms with Gasteiger partial charge in [-0.25, -0.2) is 0 Å². The predicted octanol–water partition coefficient (Wildman–Crippen LogP) is 2.22. The van der Waals surface area contributed by atoms with Crippen molar-refractivity contribution in [3.63, 3.8) is 0 Å². The minimum absolute atomic E-state index is 0.0628. The van der Waals surface area contributed by atoms with Crippen LogP contribution in [0.15, 0.2) is 36.9 Å². The molecule has 4 amide bonds. The van der Waals surface area contributed by atoms with Crippen LogP contribution in [0.25, 0.3) is 0 Å². The Bertz CT molecular complexity index is 1230. The van der Waals surface area contributed by atoms with E-state index in [1.807, 2.05) is 38.1 Å². The van der Waals surface area contributed by atoms with Crippen LogP contribution in [0.5, 0.6) is 5.75 Å². The highest BCUT2D eigenvalue weighted by Crippen LogP contribution is 2.32. The number of nitrogens with zero attached hydrogens (tertiary/aromatic N) is 1. The average Bonchev–Trinajstić information content (AvgIpc) is 3.42. The number of nitrogens with one attached hydrogen (secondary N) is 3. The van der Waals surface area contributed by atoms with Gasteiger partial charge in [-0.15, -0.1) is 6.58 Å². The lowest BCUT2D eigenvalue weighted by atomic mass is 9.83. The van der Waals surface area contributed by atoms with E-state index in [1.54, 1.807) is 0 Å². The molecule has 0 aromatic heterocycles. The van der Waals surface area contributed by atoms with Crippen LogP contribution in [0.3, 0.4) is 0 Å². The second-order valence-corrected chi connectivity index (χ2v) is 12.6. The summed E-state index contributed by atoms with van der Waals surface area (Å²) in [6, 6.07) is 5.70. The SMILES string of the molecule is C=CCNC(=O)C(=O)CNC(=O)C1C[C@@H]2CN1C(=O)[C@H](C1CCCCC1)NC(=O)Cc1cccc(c1)OCCCC(C)(C)O2. The van der Waals surface area contributed by atoms with Gasteiger partial charge in [0.25, 0.3) is 5.91 Å². The fraction of sp³-hybridized carbons (Fsp3) is 0.606. The first-order valence-corrected chi connectivity index (χ1v) is 15.8. The molecule has 11 nitrogen and oxygen atoms in total. The number of rotatable bonds is 7. The molecule has 4 rings (SSSR count). The van der Waals surface area contributed by atoms with Crippen molar-refractivity contribution < 1.29 is 33.4 Å². The summed E-state index contributed by atoms with van der Waals surface area (Å²) in [7, 11) is 0. The van der Waals surface area contributed by atoms with E-state index < -0.39 is 47.9 Å². The molecule has 1 aromatic rings. The largest absolute Gasteiger partial charge is 0.494 e. The highest BCUT2D eigenvalue weighted by molar-refractivity contribution is 6.37. The first-order chi connectivity index (χ1) is 21.1. The van der Waals surface area contributed by atoms with Crippen molar-refractivity contribution in [3.05, 3.63) is 42.5 Å². The molecule has 3 atom stereocenters. The summed E-state index contributed by atoms with van der Waals surface area (Å²) in [4.78, 5) is 67.0. The van der Waals surface area contributed by atoms with Gasteiger partial charge < -0.3 is 30.3 Å². The van der Waals surface area contributed by atoms with Crippen molar-refractivity contribution in [3.8, 4) is 5.75 Å². The van der Waals surface area contributed by atoms with Crippen molar-refractivity contribution in [1.82, 2.24) is 20.9 Å². The number of hydrogen-bond donors (Lipinski definition) is 3. The van der Waals surface area contributed by atoms with Crippen molar-refractivity contribution in [1.29, 1.82) is 0 Å².